The summed E-state index contributed by atoms with van der Waals surface area (Å²) in [5, 5.41) is 12.2. The summed E-state index contributed by atoms with van der Waals surface area (Å²) in [5.74, 6) is -0.747. The van der Waals surface area contributed by atoms with Crippen molar-refractivity contribution >= 4 is 23.6 Å². The fraction of sp³-hybridized carbons (Fsp3) is 0.200. The second-order valence-corrected chi connectivity index (χ2v) is 5.67. The number of aryl methyl sites for hydroxylation is 1. The van der Waals surface area contributed by atoms with Gasteiger partial charge in [-0.15, -0.1) is 0 Å². The Labute approximate surface area is 152 Å². The Morgan fingerprint density at radius 3 is 2.69 bits per heavy atom. The minimum Gasteiger partial charge on any atom is -0.504 e. The maximum absolute atomic E-state index is 11.9. The van der Waals surface area contributed by atoms with Crippen molar-refractivity contribution < 1.29 is 24.2 Å². The first-order valence-corrected chi connectivity index (χ1v) is 7.98. The highest BCUT2D eigenvalue weighted by molar-refractivity contribution is 5.95. The Bertz CT molecular complexity index is 842. The summed E-state index contributed by atoms with van der Waals surface area (Å²) in [5.41, 5.74) is 3.37. The van der Waals surface area contributed by atoms with Crippen molar-refractivity contribution in [2.75, 3.05) is 19.0 Å². The van der Waals surface area contributed by atoms with Gasteiger partial charge in [0.2, 0.25) is 0 Å². The SMILES string of the molecule is COc1cc(/C=C/C(=O)OCC(=O)Nc2cccc(C)c2C)ccc1O. The average molecular weight is 355 g/mol. The molecule has 0 aliphatic rings. The largest absolute Gasteiger partial charge is 0.504 e. The van der Waals surface area contributed by atoms with Crippen molar-refractivity contribution in [3.63, 3.8) is 0 Å². The molecule has 0 bridgehead atoms. The summed E-state index contributed by atoms with van der Waals surface area (Å²) in [6.07, 6.45) is 2.71. The zero-order chi connectivity index (χ0) is 19.1. The van der Waals surface area contributed by atoms with E-state index >= 15 is 0 Å². The molecule has 2 N–H and O–H groups in total. The molecule has 6 heteroatoms. The van der Waals surface area contributed by atoms with Crippen molar-refractivity contribution in [2.24, 2.45) is 0 Å². The number of hydrogen-bond donors (Lipinski definition) is 2. The Balaban J connectivity index is 1.88. The van der Waals surface area contributed by atoms with Gasteiger partial charge in [-0.1, -0.05) is 18.2 Å². The molecule has 0 atom stereocenters. The molecule has 1 amide bonds. The van der Waals surface area contributed by atoms with E-state index in [2.05, 4.69) is 5.32 Å². The lowest BCUT2D eigenvalue weighted by molar-refractivity contribution is -0.142. The summed E-state index contributed by atoms with van der Waals surface area (Å²) >= 11 is 0. The molecule has 6 nitrogen and oxygen atoms in total. The number of phenolic OH excluding ortho intramolecular Hbond substituents is 1. The zero-order valence-corrected chi connectivity index (χ0v) is 14.9. The number of amides is 1. The minimum atomic E-state index is -0.645. The van der Waals surface area contributed by atoms with Crippen LogP contribution >= 0.6 is 0 Å². The zero-order valence-electron chi connectivity index (χ0n) is 14.9. The molecule has 0 aliphatic carbocycles. The highest BCUT2D eigenvalue weighted by Gasteiger charge is 2.08. The molecule has 2 rings (SSSR count). The molecule has 0 saturated carbocycles. The van der Waals surface area contributed by atoms with E-state index in [0.29, 0.717) is 17.0 Å². The van der Waals surface area contributed by atoms with Crippen LogP contribution in [0.15, 0.2) is 42.5 Å². The van der Waals surface area contributed by atoms with Gasteiger partial charge in [0, 0.05) is 11.8 Å². The molecule has 0 fully saturated rings. The second-order valence-electron chi connectivity index (χ2n) is 5.67. The van der Waals surface area contributed by atoms with Crippen molar-refractivity contribution in [3.05, 3.63) is 59.2 Å². The van der Waals surface area contributed by atoms with E-state index in [1.54, 1.807) is 18.2 Å². The first kappa shape index (κ1) is 19.1. The van der Waals surface area contributed by atoms with E-state index in [0.717, 1.165) is 11.1 Å². The molecule has 0 aliphatic heterocycles. The van der Waals surface area contributed by atoms with Crippen LogP contribution < -0.4 is 10.1 Å². The lowest BCUT2D eigenvalue weighted by Crippen LogP contribution is -2.20. The van der Waals surface area contributed by atoms with Gasteiger partial charge < -0.3 is 19.9 Å². The Morgan fingerprint density at radius 2 is 1.96 bits per heavy atom. The Kier molecular flexibility index (Phi) is 6.38. The highest BCUT2D eigenvalue weighted by Crippen LogP contribution is 2.26. The fourth-order valence-electron chi connectivity index (χ4n) is 2.22. The third-order valence-electron chi connectivity index (χ3n) is 3.84. The monoisotopic (exact) mass is 355 g/mol. The molecule has 0 aromatic heterocycles. The summed E-state index contributed by atoms with van der Waals surface area (Å²) < 4.78 is 9.92. The van der Waals surface area contributed by atoms with Crippen LogP contribution in [0.4, 0.5) is 5.69 Å². The van der Waals surface area contributed by atoms with E-state index < -0.39 is 11.9 Å². The van der Waals surface area contributed by atoms with Crippen LogP contribution in [0.25, 0.3) is 6.08 Å². The number of methoxy groups -OCH3 is 1. The first-order valence-electron chi connectivity index (χ1n) is 7.98. The summed E-state index contributed by atoms with van der Waals surface area (Å²) in [7, 11) is 1.44. The van der Waals surface area contributed by atoms with Crippen molar-refractivity contribution in [3.8, 4) is 11.5 Å². The number of ether oxygens (including phenoxy) is 2. The van der Waals surface area contributed by atoms with E-state index in [9.17, 15) is 14.7 Å². The number of nitrogens with one attached hydrogen (secondary N) is 1. The molecule has 0 saturated heterocycles. The van der Waals surface area contributed by atoms with E-state index in [1.807, 2.05) is 26.0 Å². The predicted octanol–water partition coefficient (Wildman–Crippen LogP) is 3.21. The minimum absolute atomic E-state index is 0.00957. The Hall–Kier alpha value is -3.28. The molecule has 2 aromatic rings. The topological polar surface area (TPSA) is 84.9 Å². The number of phenols is 1. The van der Waals surface area contributed by atoms with Crippen molar-refractivity contribution in [1.82, 2.24) is 0 Å². The number of carbonyl (C=O) groups excluding carboxylic acids is 2. The lowest BCUT2D eigenvalue weighted by Gasteiger charge is -2.10. The van der Waals surface area contributed by atoms with Gasteiger partial charge in [-0.2, -0.15) is 0 Å². The summed E-state index contributed by atoms with van der Waals surface area (Å²) in [6.45, 7) is 3.48. The quantitative estimate of drug-likeness (QED) is 0.614. The number of carbonyl (C=O) groups is 2. The number of hydrogen-bond acceptors (Lipinski definition) is 5. The normalized spacial score (nSPS) is 10.6. The van der Waals surface area contributed by atoms with Crippen LogP contribution in [0, 0.1) is 13.8 Å². The standard InChI is InChI=1S/C20H21NO5/c1-13-5-4-6-16(14(13)2)21-19(23)12-26-20(24)10-8-15-7-9-17(22)18(11-15)25-3/h4-11,22H,12H2,1-3H3,(H,21,23)/b10-8+. The van der Waals surface area contributed by atoms with Crippen molar-refractivity contribution in [1.29, 1.82) is 0 Å². The highest BCUT2D eigenvalue weighted by atomic mass is 16.5. The van der Waals surface area contributed by atoms with Gasteiger partial charge >= 0.3 is 5.97 Å². The number of anilines is 1. The molecular weight excluding hydrogens is 334 g/mol. The molecule has 0 heterocycles. The molecule has 0 spiro atoms. The van der Waals surface area contributed by atoms with Gasteiger partial charge in [0.15, 0.2) is 18.1 Å². The number of aromatic hydroxyl groups is 1. The van der Waals surface area contributed by atoms with E-state index in [-0.39, 0.29) is 12.4 Å². The third-order valence-corrected chi connectivity index (χ3v) is 3.84. The van der Waals surface area contributed by atoms with Crippen LogP contribution in [0.3, 0.4) is 0 Å². The van der Waals surface area contributed by atoms with E-state index in [1.165, 1.54) is 25.3 Å². The van der Waals surface area contributed by atoms with Gasteiger partial charge in [0.1, 0.15) is 0 Å². The summed E-state index contributed by atoms with van der Waals surface area (Å²) in [6, 6.07) is 10.2. The summed E-state index contributed by atoms with van der Waals surface area (Å²) in [4.78, 5) is 23.7. The van der Waals surface area contributed by atoms with Gasteiger partial charge in [-0.05, 0) is 54.8 Å². The third kappa shape index (κ3) is 5.11. The first-order chi connectivity index (χ1) is 12.4. The Morgan fingerprint density at radius 1 is 1.19 bits per heavy atom. The lowest BCUT2D eigenvalue weighted by atomic mass is 10.1. The number of esters is 1. The average Bonchev–Trinajstić information content (AvgIpc) is 2.63. The van der Waals surface area contributed by atoms with Gasteiger partial charge in [0.05, 0.1) is 7.11 Å². The molecule has 0 unspecified atom stereocenters. The number of benzene rings is 2. The van der Waals surface area contributed by atoms with Crippen LogP contribution in [0.1, 0.15) is 16.7 Å². The maximum atomic E-state index is 11.9. The van der Waals surface area contributed by atoms with Gasteiger partial charge in [-0.25, -0.2) is 4.79 Å². The molecule has 0 radical (unpaired) electrons. The van der Waals surface area contributed by atoms with Gasteiger partial charge in [-0.3, -0.25) is 4.79 Å². The van der Waals surface area contributed by atoms with Crippen LogP contribution in [0.5, 0.6) is 11.5 Å². The van der Waals surface area contributed by atoms with E-state index in [4.69, 9.17) is 9.47 Å². The van der Waals surface area contributed by atoms with Crippen LogP contribution in [-0.4, -0.2) is 30.7 Å². The fourth-order valence-corrected chi connectivity index (χ4v) is 2.22. The van der Waals surface area contributed by atoms with Crippen LogP contribution in [0.2, 0.25) is 0 Å². The van der Waals surface area contributed by atoms with Crippen LogP contribution in [-0.2, 0) is 14.3 Å². The number of rotatable bonds is 6. The van der Waals surface area contributed by atoms with Gasteiger partial charge in [0.25, 0.3) is 5.91 Å². The smallest absolute Gasteiger partial charge is 0.331 e. The maximum Gasteiger partial charge on any atom is 0.331 e. The predicted molar refractivity (Wildman–Crippen MR) is 99.2 cm³/mol. The molecule has 2 aromatic carbocycles. The molecule has 136 valence electrons. The molecule has 26 heavy (non-hydrogen) atoms. The molecular formula is C20H21NO5. The van der Waals surface area contributed by atoms with Crippen molar-refractivity contribution in [2.45, 2.75) is 13.8 Å². The second kappa shape index (κ2) is 8.71.